The number of piperidine rings is 1. The summed E-state index contributed by atoms with van der Waals surface area (Å²) in [6, 6.07) is 4.73. The first-order chi connectivity index (χ1) is 9.45. The molecule has 0 aromatic carbocycles. The summed E-state index contributed by atoms with van der Waals surface area (Å²) in [4.78, 5) is 15.4. The fraction of sp³-hybridized carbons (Fsp3) is 0.562. The molecule has 3 unspecified atom stereocenters. The van der Waals surface area contributed by atoms with E-state index in [9.17, 15) is 4.79 Å². The molecule has 1 aromatic heterocycles. The Kier molecular flexibility index (Phi) is 5.00. The molecule has 0 aliphatic carbocycles. The van der Waals surface area contributed by atoms with Crippen LogP contribution in [0.25, 0.3) is 6.08 Å². The zero-order valence-electron chi connectivity index (χ0n) is 12.4. The molecule has 0 amide bonds. The number of thiophene rings is 1. The molecule has 1 saturated heterocycles. The highest BCUT2D eigenvalue weighted by atomic mass is 32.1. The van der Waals surface area contributed by atoms with E-state index in [1.165, 1.54) is 17.4 Å². The van der Waals surface area contributed by atoms with Crippen LogP contribution < -0.4 is 0 Å². The highest BCUT2D eigenvalue weighted by molar-refractivity contribution is 7.12. The molecule has 1 N–H and O–H groups in total. The molecule has 1 fully saturated rings. The Morgan fingerprint density at radius 3 is 2.90 bits per heavy atom. The average Bonchev–Trinajstić information content (AvgIpc) is 2.80. The standard InChI is InChI=1S/C16H23NO2S/c1-11-8-12(2)13(3)17(9-11)10-15-5-4-14(20-15)6-7-16(18)19/h4-7,11-13H,8-10H2,1-3H3,(H,18,19)/b7-6+. The lowest BCUT2D eigenvalue weighted by atomic mass is 9.86. The predicted molar refractivity (Wildman–Crippen MR) is 83.8 cm³/mol. The second-order valence-electron chi connectivity index (χ2n) is 5.96. The van der Waals surface area contributed by atoms with Gasteiger partial charge in [-0.3, -0.25) is 4.90 Å². The highest BCUT2D eigenvalue weighted by Crippen LogP contribution is 2.29. The molecule has 2 rings (SSSR count). The van der Waals surface area contributed by atoms with Gasteiger partial charge < -0.3 is 5.11 Å². The average molecular weight is 293 g/mol. The van der Waals surface area contributed by atoms with Crippen molar-refractivity contribution in [2.45, 2.75) is 39.8 Å². The molecule has 2 heterocycles. The normalized spacial score (nSPS) is 28.1. The Labute approximate surface area is 124 Å². The maximum absolute atomic E-state index is 10.5. The Morgan fingerprint density at radius 1 is 1.45 bits per heavy atom. The van der Waals surface area contributed by atoms with E-state index in [2.05, 4.69) is 31.7 Å². The van der Waals surface area contributed by atoms with Gasteiger partial charge in [0.1, 0.15) is 0 Å². The SMILES string of the molecule is CC1CC(C)C(C)N(Cc2ccc(/C=C/C(=O)O)s2)C1. The van der Waals surface area contributed by atoms with Gasteiger partial charge >= 0.3 is 5.97 Å². The smallest absolute Gasteiger partial charge is 0.328 e. The molecule has 3 nitrogen and oxygen atoms in total. The van der Waals surface area contributed by atoms with Crippen molar-refractivity contribution >= 4 is 23.4 Å². The number of likely N-dealkylation sites (tertiary alicyclic amines) is 1. The number of hydrogen-bond acceptors (Lipinski definition) is 3. The van der Waals surface area contributed by atoms with Gasteiger partial charge in [0.05, 0.1) is 0 Å². The fourth-order valence-electron chi connectivity index (χ4n) is 2.96. The zero-order chi connectivity index (χ0) is 14.7. The van der Waals surface area contributed by atoms with Gasteiger partial charge in [-0.25, -0.2) is 4.79 Å². The summed E-state index contributed by atoms with van der Waals surface area (Å²) in [5, 5.41) is 8.65. The van der Waals surface area contributed by atoms with Crippen LogP contribution in [0, 0.1) is 11.8 Å². The van der Waals surface area contributed by atoms with Crippen LogP contribution in [0.1, 0.15) is 36.9 Å². The summed E-state index contributed by atoms with van der Waals surface area (Å²) in [5.41, 5.74) is 0. The van der Waals surface area contributed by atoms with E-state index in [4.69, 9.17) is 5.11 Å². The van der Waals surface area contributed by atoms with E-state index < -0.39 is 5.97 Å². The molecule has 0 bridgehead atoms. The Hall–Kier alpha value is -1.13. The number of hydrogen-bond donors (Lipinski definition) is 1. The van der Waals surface area contributed by atoms with E-state index in [1.54, 1.807) is 17.4 Å². The molecular weight excluding hydrogens is 270 g/mol. The van der Waals surface area contributed by atoms with Crippen molar-refractivity contribution in [3.05, 3.63) is 28.0 Å². The van der Waals surface area contributed by atoms with Gasteiger partial charge in [-0.2, -0.15) is 0 Å². The minimum absolute atomic E-state index is 0.617. The second kappa shape index (κ2) is 6.55. The summed E-state index contributed by atoms with van der Waals surface area (Å²) in [6.07, 6.45) is 4.18. The third-order valence-corrected chi connectivity index (χ3v) is 5.19. The fourth-order valence-corrected chi connectivity index (χ4v) is 3.91. The van der Waals surface area contributed by atoms with Crippen LogP contribution in [0.2, 0.25) is 0 Å². The monoisotopic (exact) mass is 293 g/mol. The number of carboxylic acids is 1. The molecule has 20 heavy (non-hydrogen) atoms. The minimum Gasteiger partial charge on any atom is -0.478 e. The molecular formula is C16H23NO2S. The Morgan fingerprint density at radius 2 is 2.20 bits per heavy atom. The van der Waals surface area contributed by atoms with Gasteiger partial charge in [0.25, 0.3) is 0 Å². The molecule has 110 valence electrons. The number of rotatable bonds is 4. The molecule has 1 aliphatic rings. The second-order valence-corrected chi connectivity index (χ2v) is 7.16. The largest absolute Gasteiger partial charge is 0.478 e. The minimum atomic E-state index is -0.896. The van der Waals surface area contributed by atoms with Gasteiger partial charge in [-0.15, -0.1) is 11.3 Å². The van der Waals surface area contributed by atoms with E-state index in [1.807, 2.05) is 6.07 Å². The van der Waals surface area contributed by atoms with Crippen LogP contribution in [-0.2, 0) is 11.3 Å². The van der Waals surface area contributed by atoms with Gasteiger partial charge in [0.15, 0.2) is 0 Å². The lowest BCUT2D eigenvalue weighted by Crippen LogP contribution is -2.44. The first-order valence-corrected chi connectivity index (χ1v) is 8.01. The summed E-state index contributed by atoms with van der Waals surface area (Å²) in [7, 11) is 0. The van der Waals surface area contributed by atoms with Crippen molar-refractivity contribution in [1.82, 2.24) is 4.90 Å². The van der Waals surface area contributed by atoms with Crippen LogP contribution in [0.15, 0.2) is 18.2 Å². The van der Waals surface area contributed by atoms with Crippen molar-refractivity contribution in [3.8, 4) is 0 Å². The molecule has 0 spiro atoms. The molecule has 1 aliphatic heterocycles. The van der Waals surface area contributed by atoms with Crippen LogP contribution in [0.3, 0.4) is 0 Å². The first kappa shape index (κ1) is 15.3. The van der Waals surface area contributed by atoms with Crippen molar-refractivity contribution in [2.75, 3.05) is 6.54 Å². The van der Waals surface area contributed by atoms with Crippen LogP contribution >= 0.6 is 11.3 Å². The summed E-state index contributed by atoms with van der Waals surface area (Å²) >= 11 is 1.68. The van der Waals surface area contributed by atoms with E-state index in [0.29, 0.717) is 6.04 Å². The maximum Gasteiger partial charge on any atom is 0.328 e. The number of carbonyl (C=O) groups is 1. The Bertz CT molecular complexity index is 494. The molecule has 3 atom stereocenters. The Balaban J connectivity index is 2.00. The molecule has 1 aromatic rings. The third kappa shape index (κ3) is 3.93. The topological polar surface area (TPSA) is 40.5 Å². The third-order valence-electron chi connectivity index (χ3n) is 4.15. The number of aliphatic carboxylic acids is 1. The van der Waals surface area contributed by atoms with Gasteiger partial charge in [0.2, 0.25) is 0 Å². The van der Waals surface area contributed by atoms with Crippen molar-refractivity contribution in [2.24, 2.45) is 11.8 Å². The molecule has 0 saturated carbocycles. The quantitative estimate of drug-likeness (QED) is 0.860. The number of nitrogens with zero attached hydrogens (tertiary/aromatic N) is 1. The molecule has 4 heteroatoms. The summed E-state index contributed by atoms with van der Waals surface area (Å²) in [6.45, 7) is 9.11. The van der Waals surface area contributed by atoms with E-state index in [0.717, 1.165) is 29.8 Å². The van der Waals surface area contributed by atoms with Gasteiger partial charge in [-0.05, 0) is 43.4 Å². The summed E-state index contributed by atoms with van der Waals surface area (Å²) in [5.74, 6) is 0.602. The predicted octanol–water partition coefficient (Wildman–Crippen LogP) is 3.71. The zero-order valence-corrected chi connectivity index (χ0v) is 13.2. The highest BCUT2D eigenvalue weighted by Gasteiger charge is 2.28. The van der Waals surface area contributed by atoms with E-state index >= 15 is 0 Å². The van der Waals surface area contributed by atoms with E-state index in [-0.39, 0.29) is 0 Å². The summed E-state index contributed by atoms with van der Waals surface area (Å²) < 4.78 is 0. The van der Waals surface area contributed by atoms with Gasteiger partial charge in [0, 0.05) is 35.0 Å². The lowest BCUT2D eigenvalue weighted by Gasteiger charge is -2.40. The van der Waals surface area contributed by atoms with Gasteiger partial charge in [-0.1, -0.05) is 13.8 Å². The lowest BCUT2D eigenvalue weighted by molar-refractivity contribution is -0.131. The van der Waals surface area contributed by atoms with Crippen molar-refractivity contribution in [3.63, 3.8) is 0 Å². The van der Waals surface area contributed by atoms with Crippen LogP contribution in [0.4, 0.5) is 0 Å². The first-order valence-electron chi connectivity index (χ1n) is 7.19. The van der Waals surface area contributed by atoms with Crippen LogP contribution in [0.5, 0.6) is 0 Å². The van der Waals surface area contributed by atoms with Crippen molar-refractivity contribution < 1.29 is 9.90 Å². The van der Waals surface area contributed by atoms with Crippen molar-refractivity contribution in [1.29, 1.82) is 0 Å². The number of carboxylic acid groups (broad SMARTS) is 1. The molecule has 0 radical (unpaired) electrons. The van der Waals surface area contributed by atoms with Crippen LogP contribution in [-0.4, -0.2) is 28.6 Å². The maximum atomic E-state index is 10.5.